The van der Waals surface area contributed by atoms with Crippen LogP contribution >= 0.6 is 0 Å². The number of nitrogens with zero attached hydrogens (tertiary/aromatic N) is 1. The van der Waals surface area contributed by atoms with Crippen LogP contribution in [-0.2, 0) is 17.8 Å². The lowest BCUT2D eigenvalue weighted by molar-refractivity contribution is 0.0593. The summed E-state index contributed by atoms with van der Waals surface area (Å²) < 4.78 is 10.4. The molecule has 0 bridgehead atoms. The predicted octanol–water partition coefficient (Wildman–Crippen LogP) is 4.18. The van der Waals surface area contributed by atoms with Gasteiger partial charge in [0.05, 0.1) is 12.8 Å². The van der Waals surface area contributed by atoms with Crippen molar-refractivity contribution < 1.29 is 14.3 Å². The molecule has 0 radical (unpaired) electrons. The van der Waals surface area contributed by atoms with Crippen LogP contribution in [0.25, 0.3) is 0 Å². The predicted molar refractivity (Wildman–Crippen MR) is 89.6 cm³/mol. The third-order valence-corrected chi connectivity index (χ3v) is 3.58. The van der Waals surface area contributed by atoms with Crippen molar-refractivity contribution in [3.63, 3.8) is 0 Å². The molecule has 2 rings (SSSR count). The number of methoxy groups -OCH3 is 1. The van der Waals surface area contributed by atoms with Crippen molar-refractivity contribution in [1.29, 1.82) is 0 Å². The smallest absolute Gasteiger partial charge is 0.356 e. The molecule has 1 aromatic carbocycles. The maximum absolute atomic E-state index is 11.5. The van der Waals surface area contributed by atoms with Crippen LogP contribution in [0.2, 0.25) is 0 Å². The van der Waals surface area contributed by atoms with Gasteiger partial charge < -0.3 is 9.47 Å². The molecule has 0 unspecified atom stereocenters. The Bertz CT molecular complexity index is 623. The van der Waals surface area contributed by atoms with Gasteiger partial charge in [0.2, 0.25) is 0 Å². The van der Waals surface area contributed by atoms with E-state index in [0.29, 0.717) is 18.0 Å². The molecule has 0 N–H and O–H groups in total. The normalized spacial score (nSPS) is 10.3. The van der Waals surface area contributed by atoms with E-state index in [1.165, 1.54) is 31.9 Å². The highest BCUT2D eigenvalue weighted by Gasteiger charge is 2.07. The van der Waals surface area contributed by atoms with Crippen molar-refractivity contribution in [2.24, 2.45) is 0 Å². The zero-order valence-electron chi connectivity index (χ0n) is 13.7. The van der Waals surface area contributed by atoms with Crippen molar-refractivity contribution >= 4 is 5.97 Å². The van der Waals surface area contributed by atoms with Crippen LogP contribution in [0.3, 0.4) is 0 Å². The number of rotatable bonds is 8. The van der Waals surface area contributed by atoms with Gasteiger partial charge in [0.25, 0.3) is 0 Å². The van der Waals surface area contributed by atoms with Crippen LogP contribution in [0.1, 0.15) is 47.9 Å². The van der Waals surface area contributed by atoms with Crippen LogP contribution < -0.4 is 4.74 Å². The van der Waals surface area contributed by atoms with Crippen LogP contribution in [-0.4, -0.2) is 18.1 Å². The first-order chi connectivity index (χ1) is 11.2. The van der Waals surface area contributed by atoms with Crippen molar-refractivity contribution in [1.82, 2.24) is 4.98 Å². The Hall–Kier alpha value is -2.36. The van der Waals surface area contributed by atoms with E-state index in [0.717, 1.165) is 12.2 Å². The fourth-order valence-electron chi connectivity index (χ4n) is 2.27. The van der Waals surface area contributed by atoms with Gasteiger partial charge in [0.15, 0.2) is 0 Å². The summed E-state index contributed by atoms with van der Waals surface area (Å²) in [5.74, 6) is 0.359. The molecule has 0 amide bonds. The van der Waals surface area contributed by atoms with Gasteiger partial charge >= 0.3 is 5.97 Å². The molecule has 0 fully saturated rings. The number of benzene rings is 1. The van der Waals surface area contributed by atoms with Crippen LogP contribution in [0.5, 0.6) is 5.75 Å². The van der Waals surface area contributed by atoms with E-state index in [9.17, 15) is 4.79 Å². The Morgan fingerprint density at radius 3 is 2.57 bits per heavy atom. The standard InChI is InChI=1S/C19H23NO3/c1-3-4-5-7-15-10-12-17(13-11-15)23-14-16-8-6-9-18(20-16)19(21)22-2/h6,8-13H,3-5,7,14H2,1-2H3. The molecule has 2 aromatic rings. The van der Waals surface area contributed by atoms with E-state index < -0.39 is 5.97 Å². The van der Waals surface area contributed by atoms with Crippen molar-refractivity contribution in [3.05, 3.63) is 59.4 Å². The topological polar surface area (TPSA) is 48.4 Å². The summed E-state index contributed by atoms with van der Waals surface area (Å²) in [5.41, 5.74) is 2.32. The second-order valence-electron chi connectivity index (χ2n) is 5.40. The molecule has 0 atom stereocenters. The lowest BCUT2D eigenvalue weighted by atomic mass is 10.1. The SMILES string of the molecule is CCCCCc1ccc(OCc2cccc(C(=O)OC)n2)cc1. The summed E-state index contributed by atoms with van der Waals surface area (Å²) in [4.78, 5) is 15.7. The molecule has 0 spiro atoms. The van der Waals surface area contributed by atoms with Gasteiger partial charge in [-0.25, -0.2) is 9.78 Å². The zero-order valence-corrected chi connectivity index (χ0v) is 13.7. The lowest BCUT2D eigenvalue weighted by Gasteiger charge is -2.08. The summed E-state index contributed by atoms with van der Waals surface area (Å²) >= 11 is 0. The largest absolute Gasteiger partial charge is 0.487 e. The number of ether oxygens (including phenoxy) is 2. The van der Waals surface area contributed by atoms with E-state index in [2.05, 4.69) is 28.8 Å². The zero-order chi connectivity index (χ0) is 16.5. The van der Waals surface area contributed by atoms with Gasteiger partial charge in [0.1, 0.15) is 18.1 Å². The van der Waals surface area contributed by atoms with Gasteiger partial charge in [-0.05, 0) is 42.7 Å². The van der Waals surface area contributed by atoms with Crippen LogP contribution in [0, 0.1) is 0 Å². The maximum Gasteiger partial charge on any atom is 0.356 e. The molecule has 0 saturated carbocycles. The molecular formula is C19H23NO3. The minimum absolute atomic E-state index is 0.292. The average Bonchev–Trinajstić information content (AvgIpc) is 2.61. The highest BCUT2D eigenvalue weighted by Crippen LogP contribution is 2.15. The monoisotopic (exact) mass is 313 g/mol. The number of unbranched alkanes of at least 4 members (excludes halogenated alkanes) is 2. The third kappa shape index (κ3) is 5.40. The van der Waals surface area contributed by atoms with Gasteiger partial charge in [-0.2, -0.15) is 0 Å². The van der Waals surface area contributed by atoms with E-state index in [1.807, 2.05) is 18.2 Å². The van der Waals surface area contributed by atoms with Gasteiger partial charge in [-0.15, -0.1) is 0 Å². The summed E-state index contributed by atoms with van der Waals surface area (Å²) in [6, 6.07) is 13.4. The molecule has 4 nitrogen and oxygen atoms in total. The fraction of sp³-hybridized carbons (Fsp3) is 0.368. The third-order valence-electron chi connectivity index (χ3n) is 3.58. The van der Waals surface area contributed by atoms with Crippen LogP contribution in [0.15, 0.2) is 42.5 Å². The Balaban J connectivity index is 1.89. The van der Waals surface area contributed by atoms with Gasteiger partial charge in [-0.1, -0.05) is 38.0 Å². The Labute approximate surface area is 137 Å². The molecule has 1 aromatic heterocycles. The molecule has 0 aliphatic rings. The summed E-state index contributed by atoms with van der Waals surface area (Å²) in [5, 5.41) is 0. The molecule has 0 aliphatic heterocycles. The van der Waals surface area contributed by atoms with E-state index >= 15 is 0 Å². The molecular weight excluding hydrogens is 290 g/mol. The number of carbonyl (C=O) groups is 1. The fourth-order valence-corrected chi connectivity index (χ4v) is 2.27. The Morgan fingerprint density at radius 1 is 1.09 bits per heavy atom. The number of aromatic nitrogens is 1. The summed E-state index contributed by atoms with van der Waals surface area (Å²) in [7, 11) is 1.34. The minimum atomic E-state index is -0.441. The number of hydrogen-bond acceptors (Lipinski definition) is 4. The number of esters is 1. The summed E-state index contributed by atoms with van der Waals surface area (Å²) in [6.07, 6.45) is 4.83. The van der Waals surface area contributed by atoms with E-state index in [-0.39, 0.29) is 0 Å². The number of aryl methyl sites for hydroxylation is 1. The van der Waals surface area contributed by atoms with E-state index in [4.69, 9.17) is 4.74 Å². The summed E-state index contributed by atoms with van der Waals surface area (Å²) in [6.45, 7) is 2.53. The van der Waals surface area contributed by atoms with E-state index in [1.54, 1.807) is 12.1 Å². The quantitative estimate of drug-likeness (QED) is 0.542. The molecule has 122 valence electrons. The van der Waals surface area contributed by atoms with Crippen molar-refractivity contribution in [2.45, 2.75) is 39.2 Å². The first-order valence-corrected chi connectivity index (χ1v) is 7.99. The molecule has 1 heterocycles. The minimum Gasteiger partial charge on any atom is -0.487 e. The number of pyridine rings is 1. The van der Waals surface area contributed by atoms with Crippen molar-refractivity contribution in [3.8, 4) is 5.75 Å². The first kappa shape index (κ1) is 17.0. The molecule has 23 heavy (non-hydrogen) atoms. The van der Waals surface area contributed by atoms with Gasteiger partial charge in [0, 0.05) is 0 Å². The second kappa shape index (κ2) is 8.93. The number of carbonyl (C=O) groups excluding carboxylic acids is 1. The lowest BCUT2D eigenvalue weighted by Crippen LogP contribution is -2.07. The van der Waals surface area contributed by atoms with Crippen molar-refractivity contribution in [2.75, 3.05) is 7.11 Å². The van der Waals surface area contributed by atoms with Gasteiger partial charge in [-0.3, -0.25) is 0 Å². The first-order valence-electron chi connectivity index (χ1n) is 7.99. The Kier molecular flexibility index (Phi) is 6.60. The highest BCUT2D eigenvalue weighted by atomic mass is 16.5. The highest BCUT2D eigenvalue weighted by molar-refractivity contribution is 5.87. The average molecular weight is 313 g/mol. The molecule has 0 saturated heterocycles. The maximum atomic E-state index is 11.5. The molecule has 4 heteroatoms. The molecule has 0 aliphatic carbocycles. The van der Waals surface area contributed by atoms with Crippen LogP contribution in [0.4, 0.5) is 0 Å². The number of hydrogen-bond donors (Lipinski definition) is 0. The Morgan fingerprint density at radius 2 is 1.87 bits per heavy atom. The second-order valence-corrected chi connectivity index (χ2v) is 5.40.